The Kier molecular flexibility index (Phi) is 5.66. The standard InChI is InChI=1S/C16H22ClN3O2/c1-2-19-14-6-5-12(17)9-13(14)16(22)20-7-3-4-11(10-20)8-15(18)21/h5-6,9,11,19H,2-4,7-8,10H2,1H3,(H2,18,21). The first kappa shape index (κ1) is 16.6. The summed E-state index contributed by atoms with van der Waals surface area (Å²) in [6, 6.07) is 5.28. The zero-order valence-corrected chi connectivity index (χ0v) is 13.5. The number of likely N-dealkylation sites (tertiary alicyclic amines) is 1. The third-order valence-electron chi connectivity index (χ3n) is 3.88. The molecule has 0 saturated carbocycles. The van der Waals surface area contributed by atoms with E-state index in [1.807, 2.05) is 13.0 Å². The molecule has 2 amide bonds. The minimum absolute atomic E-state index is 0.0485. The van der Waals surface area contributed by atoms with Crippen LogP contribution in [0.3, 0.4) is 0 Å². The highest BCUT2D eigenvalue weighted by Gasteiger charge is 2.26. The number of rotatable bonds is 5. The number of anilines is 1. The lowest BCUT2D eigenvalue weighted by atomic mass is 9.94. The molecule has 1 fully saturated rings. The average Bonchev–Trinajstić information content (AvgIpc) is 2.48. The fourth-order valence-electron chi connectivity index (χ4n) is 2.91. The first-order chi connectivity index (χ1) is 10.5. The zero-order valence-electron chi connectivity index (χ0n) is 12.8. The smallest absolute Gasteiger partial charge is 0.256 e. The average molecular weight is 324 g/mol. The third kappa shape index (κ3) is 4.13. The number of hydrogen-bond donors (Lipinski definition) is 2. The van der Waals surface area contributed by atoms with Crippen molar-refractivity contribution in [2.45, 2.75) is 26.2 Å². The maximum atomic E-state index is 12.8. The van der Waals surface area contributed by atoms with Crippen molar-refractivity contribution in [3.05, 3.63) is 28.8 Å². The van der Waals surface area contributed by atoms with Crippen molar-refractivity contribution in [1.82, 2.24) is 4.90 Å². The van der Waals surface area contributed by atoms with Crippen LogP contribution in [-0.4, -0.2) is 36.3 Å². The molecule has 1 unspecified atom stereocenters. The minimum atomic E-state index is -0.310. The van der Waals surface area contributed by atoms with Gasteiger partial charge < -0.3 is 16.0 Å². The number of primary amides is 1. The predicted molar refractivity (Wildman–Crippen MR) is 88.1 cm³/mol. The fourth-order valence-corrected chi connectivity index (χ4v) is 3.08. The summed E-state index contributed by atoms with van der Waals surface area (Å²) in [6.07, 6.45) is 2.16. The van der Waals surface area contributed by atoms with E-state index in [0.29, 0.717) is 30.1 Å². The Morgan fingerprint density at radius 1 is 1.45 bits per heavy atom. The van der Waals surface area contributed by atoms with E-state index in [1.54, 1.807) is 17.0 Å². The second-order valence-electron chi connectivity index (χ2n) is 5.65. The van der Waals surface area contributed by atoms with Crippen molar-refractivity contribution >= 4 is 29.1 Å². The topological polar surface area (TPSA) is 75.4 Å². The Balaban J connectivity index is 2.16. The number of nitrogens with zero attached hydrogens (tertiary/aromatic N) is 1. The van der Waals surface area contributed by atoms with Crippen LogP contribution >= 0.6 is 11.6 Å². The van der Waals surface area contributed by atoms with Crippen LogP contribution in [0.1, 0.15) is 36.5 Å². The number of nitrogens with one attached hydrogen (secondary N) is 1. The van der Waals surface area contributed by atoms with Gasteiger partial charge in [0.05, 0.1) is 5.56 Å². The Hall–Kier alpha value is -1.75. The van der Waals surface area contributed by atoms with Crippen molar-refractivity contribution in [1.29, 1.82) is 0 Å². The molecule has 6 heteroatoms. The molecule has 1 aromatic rings. The number of amides is 2. The third-order valence-corrected chi connectivity index (χ3v) is 4.11. The molecule has 0 aliphatic carbocycles. The highest BCUT2D eigenvalue weighted by molar-refractivity contribution is 6.31. The van der Waals surface area contributed by atoms with E-state index in [1.165, 1.54) is 0 Å². The number of halogens is 1. The Morgan fingerprint density at radius 2 is 2.23 bits per heavy atom. The maximum absolute atomic E-state index is 12.8. The van der Waals surface area contributed by atoms with Crippen molar-refractivity contribution in [3.63, 3.8) is 0 Å². The molecule has 0 aromatic heterocycles. The number of piperidine rings is 1. The Morgan fingerprint density at radius 3 is 2.91 bits per heavy atom. The van der Waals surface area contributed by atoms with Crippen LogP contribution < -0.4 is 11.1 Å². The molecule has 1 atom stereocenters. The lowest BCUT2D eigenvalue weighted by molar-refractivity contribution is -0.119. The van der Waals surface area contributed by atoms with Gasteiger partial charge in [0, 0.05) is 36.8 Å². The summed E-state index contributed by atoms with van der Waals surface area (Å²) in [5, 5.41) is 3.72. The van der Waals surface area contributed by atoms with Crippen LogP contribution in [0, 0.1) is 5.92 Å². The van der Waals surface area contributed by atoms with Gasteiger partial charge in [0.2, 0.25) is 5.91 Å². The normalized spacial score (nSPS) is 18.1. The van der Waals surface area contributed by atoms with Gasteiger partial charge in [-0.3, -0.25) is 9.59 Å². The molecule has 22 heavy (non-hydrogen) atoms. The molecule has 3 N–H and O–H groups in total. The summed E-state index contributed by atoms with van der Waals surface area (Å²) in [5.41, 5.74) is 6.63. The Labute approximate surface area is 135 Å². The molecule has 1 saturated heterocycles. The van der Waals surface area contributed by atoms with E-state index in [4.69, 9.17) is 17.3 Å². The van der Waals surface area contributed by atoms with Gasteiger partial charge in [0.15, 0.2) is 0 Å². The highest BCUT2D eigenvalue weighted by atomic mass is 35.5. The van der Waals surface area contributed by atoms with Crippen LogP contribution in [0.15, 0.2) is 18.2 Å². The first-order valence-corrected chi connectivity index (χ1v) is 8.00. The molecular weight excluding hydrogens is 302 g/mol. The summed E-state index contributed by atoms with van der Waals surface area (Å²) in [5.74, 6) is -0.208. The summed E-state index contributed by atoms with van der Waals surface area (Å²) >= 11 is 6.04. The van der Waals surface area contributed by atoms with E-state index >= 15 is 0 Å². The number of carbonyl (C=O) groups is 2. The highest BCUT2D eigenvalue weighted by Crippen LogP contribution is 2.26. The van der Waals surface area contributed by atoms with Gasteiger partial charge in [-0.25, -0.2) is 0 Å². The Bertz CT molecular complexity index is 562. The minimum Gasteiger partial charge on any atom is -0.385 e. The largest absolute Gasteiger partial charge is 0.385 e. The van der Waals surface area contributed by atoms with E-state index in [9.17, 15) is 9.59 Å². The summed E-state index contributed by atoms with van der Waals surface area (Å²) in [4.78, 5) is 25.7. The zero-order chi connectivity index (χ0) is 16.1. The van der Waals surface area contributed by atoms with Crippen LogP contribution in [0.25, 0.3) is 0 Å². The van der Waals surface area contributed by atoms with Gasteiger partial charge in [0.25, 0.3) is 5.91 Å². The first-order valence-electron chi connectivity index (χ1n) is 7.62. The van der Waals surface area contributed by atoms with Gasteiger partial charge in [-0.2, -0.15) is 0 Å². The molecule has 120 valence electrons. The van der Waals surface area contributed by atoms with Crippen LogP contribution in [0.4, 0.5) is 5.69 Å². The number of benzene rings is 1. The van der Waals surface area contributed by atoms with Crippen molar-refractivity contribution in [2.24, 2.45) is 11.7 Å². The fraction of sp³-hybridized carbons (Fsp3) is 0.500. The van der Waals surface area contributed by atoms with Gasteiger partial charge in [-0.05, 0) is 43.9 Å². The maximum Gasteiger partial charge on any atom is 0.256 e. The molecule has 1 aliphatic rings. The summed E-state index contributed by atoms with van der Waals surface area (Å²) in [7, 11) is 0. The molecule has 1 aliphatic heterocycles. The number of carbonyl (C=O) groups excluding carboxylic acids is 2. The number of nitrogens with two attached hydrogens (primary N) is 1. The van der Waals surface area contributed by atoms with E-state index in [-0.39, 0.29) is 17.7 Å². The summed E-state index contributed by atoms with van der Waals surface area (Å²) < 4.78 is 0. The molecule has 0 spiro atoms. The molecule has 2 rings (SSSR count). The van der Waals surface area contributed by atoms with Gasteiger partial charge in [-0.15, -0.1) is 0 Å². The molecule has 5 nitrogen and oxygen atoms in total. The van der Waals surface area contributed by atoms with E-state index in [0.717, 1.165) is 25.1 Å². The SMILES string of the molecule is CCNc1ccc(Cl)cc1C(=O)N1CCCC(CC(N)=O)C1. The monoisotopic (exact) mass is 323 g/mol. The lowest BCUT2D eigenvalue weighted by Gasteiger charge is -2.32. The van der Waals surface area contributed by atoms with Crippen LogP contribution in [-0.2, 0) is 4.79 Å². The van der Waals surface area contributed by atoms with Crippen molar-refractivity contribution in [2.75, 3.05) is 25.0 Å². The second-order valence-corrected chi connectivity index (χ2v) is 6.09. The molecular formula is C16H22ClN3O2. The van der Waals surface area contributed by atoms with Gasteiger partial charge >= 0.3 is 0 Å². The van der Waals surface area contributed by atoms with Gasteiger partial charge in [0.1, 0.15) is 0 Å². The quantitative estimate of drug-likeness (QED) is 0.874. The van der Waals surface area contributed by atoms with E-state index in [2.05, 4.69) is 5.32 Å². The molecule has 0 bridgehead atoms. The molecule has 1 heterocycles. The lowest BCUT2D eigenvalue weighted by Crippen LogP contribution is -2.41. The van der Waals surface area contributed by atoms with Crippen LogP contribution in [0.2, 0.25) is 5.02 Å². The van der Waals surface area contributed by atoms with Crippen molar-refractivity contribution < 1.29 is 9.59 Å². The van der Waals surface area contributed by atoms with E-state index < -0.39 is 0 Å². The van der Waals surface area contributed by atoms with Crippen molar-refractivity contribution in [3.8, 4) is 0 Å². The van der Waals surface area contributed by atoms with Crippen LogP contribution in [0.5, 0.6) is 0 Å². The number of hydrogen-bond acceptors (Lipinski definition) is 3. The predicted octanol–water partition coefficient (Wildman–Crippen LogP) is 2.50. The molecule has 0 radical (unpaired) electrons. The molecule has 1 aromatic carbocycles. The second kappa shape index (κ2) is 7.49. The summed E-state index contributed by atoms with van der Waals surface area (Å²) in [6.45, 7) is 3.98. The van der Waals surface area contributed by atoms with Gasteiger partial charge in [-0.1, -0.05) is 11.6 Å².